The lowest BCUT2D eigenvalue weighted by Gasteiger charge is -2.19. The summed E-state index contributed by atoms with van der Waals surface area (Å²) >= 11 is 0. The van der Waals surface area contributed by atoms with Gasteiger partial charge in [0, 0.05) is 54.5 Å². The van der Waals surface area contributed by atoms with Crippen molar-refractivity contribution in [2.75, 3.05) is 0 Å². The summed E-state index contributed by atoms with van der Waals surface area (Å²) in [6, 6.07) is 64.1. The minimum atomic E-state index is 0.0295. The maximum absolute atomic E-state index is 7.13. The molecule has 0 bridgehead atoms. The highest BCUT2D eigenvalue weighted by molar-refractivity contribution is 6.26. The van der Waals surface area contributed by atoms with Gasteiger partial charge in [-0.05, 0) is 180 Å². The SMILES string of the molecule is CC(C)(C)c1ccc2c(c1)c1cc(C(C)(C)C)ccc1n2-c1ccc2cc3c(cc2c1)oc1c3cc(-c2ccccc2)c2c3cc4ccc(-n5c6ccc(C(C)(C)C)cc6c6cc(C(C)(C)C)ccc65)cc4cc3oc12. The lowest BCUT2D eigenvalue weighted by Crippen LogP contribution is -2.10. The van der Waals surface area contributed by atoms with E-state index in [9.17, 15) is 0 Å². The first-order chi connectivity index (χ1) is 36.2. The Bertz CT molecular complexity index is 4630. The van der Waals surface area contributed by atoms with Crippen LogP contribution in [0.4, 0.5) is 0 Å². The average molecular weight is 989 g/mol. The van der Waals surface area contributed by atoms with Gasteiger partial charge in [-0.15, -0.1) is 0 Å². The summed E-state index contributed by atoms with van der Waals surface area (Å²) in [5.41, 5.74) is 18.0. The van der Waals surface area contributed by atoms with Crippen molar-refractivity contribution < 1.29 is 8.83 Å². The van der Waals surface area contributed by atoms with Gasteiger partial charge < -0.3 is 18.0 Å². The third-order valence-corrected chi connectivity index (χ3v) is 16.7. The Kier molecular flexibility index (Phi) is 9.62. The molecule has 0 N–H and O–H groups in total. The second kappa shape index (κ2) is 15.7. The third kappa shape index (κ3) is 7.09. The molecule has 0 aliphatic carbocycles. The van der Waals surface area contributed by atoms with E-state index in [1.54, 1.807) is 0 Å². The minimum Gasteiger partial charge on any atom is -0.452 e. The largest absolute Gasteiger partial charge is 0.452 e. The van der Waals surface area contributed by atoms with Gasteiger partial charge in [-0.3, -0.25) is 0 Å². The molecule has 4 heterocycles. The number of aromatic nitrogens is 2. The number of rotatable bonds is 3. The third-order valence-electron chi connectivity index (χ3n) is 16.7. The summed E-state index contributed by atoms with van der Waals surface area (Å²) in [4.78, 5) is 0. The highest BCUT2D eigenvalue weighted by atomic mass is 16.4. The standard InChI is InChI=1S/C72H64N2O2/c1-69(2,3)46-20-26-60-53(36-46)54-37-47(70(4,5)6)21-27-61(54)73(60)50-24-18-42-32-57-58-40-52(41-16-14-13-15-17-41)66-59-33-43-19-25-51(31-45(43)35-65(59)76-68(66)67(58)75-64(57)34-44(42)30-50)74-62-28-22-48(71(7,8)9)38-55(62)56-39-49(72(10,11)12)23-29-63(56)74/h13-40H,1-12H3. The van der Waals surface area contributed by atoms with E-state index in [4.69, 9.17) is 8.83 Å². The number of hydrogen-bond donors (Lipinski definition) is 0. The van der Waals surface area contributed by atoms with Crippen LogP contribution in [-0.4, -0.2) is 9.13 Å². The van der Waals surface area contributed by atoms with E-state index in [0.29, 0.717) is 0 Å². The van der Waals surface area contributed by atoms with Crippen molar-refractivity contribution >= 4 is 109 Å². The zero-order chi connectivity index (χ0) is 52.5. The lowest BCUT2D eigenvalue weighted by molar-refractivity contribution is 0.590. The second-order valence-corrected chi connectivity index (χ2v) is 25.9. The van der Waals surface area contributed by atoms with Crippen LogP contribution >= 0.6 is 0 Å². The highest BCUT2D eigenvalue weighted by Gasteiger charge is 2.26. The van der Waals surface area contributed by atoms with Gasteiger partial charge >= 0.3 is 0 Å². The van der Waals surface area contributed by atoms with Crippen molar-refractivity contribution in [3.8, 4) is 22.5 Å². The maximum atomic E-state index is 7.13. The van der Waals surface area contributed by atoms with Crippen molar-refractivity contribution in [3.05, 3.63) is 192 Å². The van der Waals surface area contributed by atoms with Crippen LogP contribution in [0, 0.1) is 0 Å². The normalized spacial score (nSPS) is 13.3. The molecule has 0 spiro atoms. The minimum absolute atomic E-state index is 0.0295. The van der Waals surface area contributed by atoms with Crippen molar-refractivity contribution in [3.63, 3.8) is 0 Å². The molecule has 4 aromatic heterocycles. The number of fused-ring (bicyclic) bond motifs is 15. The van der Waals surface area contributed by atoms with Crippen LogP contribution in [-0.2, 0) is 21.7 Å². The first-order valence-electron chi connectivity index (χ1n) is 27.1. The van der Waals surface area contributed by atoms with Crippen molar-refractivity contribution in [2.45, 2.75) is 105 Å². The Morgan fingerprint density at radius 3 is 1.12 bits per heavy atom. The Labute approximate surface area is 444 Å². The fraction of sp³-hybridized carbons (Fsp3) is 0.222. The topological polar surface area (TPSA) is 36.1 Å². The molecular formula is C72H64N2O2. The highest BCUT2D eigenvalue weighted by Crippen LogP contribution is 2.47. The van der Waals surface area contributed by atoms with E-state index in [2.05, 4.69) is 262 Å². The number of furan rings is 2. The summed E-state index contributed by atoms with van der Waals surface area (Å²) in [6.45, 7) is 27.6. The molecule has 0 saturated heterocycles. The molecule has 76 heavy (non-hydrogen) atoms. The molecule has 14 aromatic rings. The summed E-state index contributed by atoms with van der Waals surface area (Å²) in [5, 5.41) is 13.9. The molecule has 0 aliphatic rings. The fourth-order valence-electron chi connectivity index (χ4n) is 12.2. The fourth-order valence-corrected chi connectivity index (χ4v) is 12.2. The van der Waals surface area contributed by atoms with E-state index >= 15 is 0 Å². The van der Waals surface area contributed by atoms with Crippen LogP contribution in [0.1, 0.15) is 105 Å². The Balaban J connectivity index is 0.949. The van der Waals surface area contributed by atoms with Gasteiger partial charge in [0.05, 0.1) is 22.1 Å². The van der Waals surface area contributed by atoms with Gasteiger partial charge in [-0.1, -0.05) is 150 Å². The lowest BCUT2D eigenvalue weighted by atomic mass is 9.85. The van der Waals surface area contributed by atoms with Crippen molar-refractivity contribution in [1.29, 1.82) is 0 Å². The Morgan fingerprint density at radius 2 is 0.697 bits per heavy atom. The summed E-state index contributed by atoms with van der Waals surface area (Å²) < 4.78 is 19.1. The van der Waals surface area contributed by atoms with Crippen LogP contribution < -0.4 is 0 Å². The van der Waals surface area contributed by atoms with E-state index in [-0.39, 0.29) is 21.7 Å². The Morgan fingerprint density at radius 1 is 0.303 bits per heavy atom. The quantitative estimate of drug-likeness (QED) is 0.177. The van der Waals surface area contributed by atoms with Crippen molar-refractivity contribution in [1.82, 2.24) is 9.13 Å². The molecule has 0 radical (unpaired) electrons. The molecule has 0 saturated carbocycles. The zero-order valence-corrected chi connectivity index (χ0v) is 45.9. The monoisotopic (exact) mass is 988 g/mol. The summed E-state index contributed by atoms with van der Waals surface area (Å²) in [5.74, 6) is 0. The molecule has 0 unspecified atom stereocenters. The number of hydrogen-bond acceptors (Lipinski definition) is 2. The van der Waals surface area contributed by atoms with Gasteiger partial charge in [0.2, 0.25) is 0 Å². The van der Waals surface area contributed by atoms with Gasteiger partial charge in [0.15, 0.2) is 11.2 Å². The van der Waals surface area contributed by atoms with Gasteiger partial charge in [-0.25, -0.2) is 0 Å². The molecule has 4 nitrogen and oxygen atoms in total. The van der Waals surface area contributed by atoms with E-state index in [1.807, 2.05) is 0 Å². The number of nitrogens with zero attached hydrogens (tertiary/aromatic N) is 2. The van der Waals surface area contributed by atoms with Crippen LogP contribution in [0.3, 0.4) is 0 Å². The predicted octanol–water partition coefficient (Wildman–Crippen LogP) is 20.8. The first-order valence-corrected chi connectivity index (χ1v) is 27.1. The average Bonchev–Trinajstić information content (AvgIpc) is 4.26. The molecule has 374 valence electrons. The molecule has 4 heteroatoms. The van der Waals surface area contributed by atoms with Crippen LogP contribution in [0.15, 0.2) is 179 Å². The van der Waals surface area contributed by atoms with E-state index in [0.717, 1.165) is 87.9 Å². The van der Waals surface area contributed by atoms with Crippen LogP contribution in [0.25, 0.3) is 132 Å². The molecule has 10 aromatic carbocycles. The Hall–Kier alpha value is -8.08. The maximum Gasteiger partial charge on any atom is 0.179 e. The number of benzene rings is 10. The predicted molar refractivity (Wildman–Crippen MR) is 325 cm³/mol. The van der Waals surface area contributed by atoms with Gasteiger partial charge in [0.1, 0.15) is 11.2 Å². The van der Waals surface area contributed by atoms with E-state index < -0.39 is 0 Å². The van der Waals surface area contributed by atoms with Gasteiger partial charge in [-0.2, -0.15) is 0 Å². The van der Waals surface area contributed by atoms with Gasteiger partial charge in [0.25, 0.3) is 0 Å². The summed E-state index contributed by atoms with van der Waals surface area (Å²) in [6.07, 6.45) is 0. The van der Waals surface area contributed by atoms with Crippen molar-refractivity contribution in [2.24, 2.45) is 0 Å². The smallest absolute Gasteiger partial charge is 0.179 e. The molecular weight excluding hydrogens is 925 g/mol. The molecule has 0 fully saturated rings. The molecule has 14 rings (SSSR count). The first kappa shape index (κ1) is 46.5. The molecule has 0 aliphatic heterocycles. The second-order valence-electron chi connectivity index (χ2n) is 25.9. The molecule has 0 atom stereocenters. The van der Waals surface area contributed by atoms with Crippen LogP contribution in [0.5, 0.6) is 0 Å². The zero-order valence-electron chi connectivity index (χ0n) is 45.9. The molecule has 0 amide bonds. The summed E-state index contributed by atoms with van der Waals surface area (Å²) in [7, 11) is 0. The van der Waals surface area contributed by atoms with E-state index in [1.165, 1.54) is 65.9 Å². The van der Waals surface area contributed by atoms with Crippen LogP contribution in [0.2, 0.25) is 0 Å².